The van der Waals surface area contributed by atoms with Crippen molar-refractivity contribution in [1.29, 1.82) is 0 Å². The fraction of sp³-hybridized carbons (Fsp3) is 0. The van der Waals surface area contributed by atoms with Crippen LogP contribution in [0, 0.1) is 0 Å². The van der Waals surface area contributed by atoms with Gasteiger partial charge < -0.3 is 42.0 Å². The maximum Gasteiger partial charge on any atom is 2.00 e. The molecule has 1 radical (unpaired) electrons. The minimum absolute atomic E-state index is 0. The van der Waals surface area contributed by atoms with Crippen molar-refractivity contribution in [1.82, 2.24) is 9.97 Å². The normalized spacial score (nSPS) is 7.25. The zero-order valence-electron chi connectivity index (χ0n) is 12.2. The Kier molecular flexibility index (Phi) is 38.7. The van der Waals surface area contributed by atoms with Gasteiger partial charge in [-0.3, -0.25) is 18.4 Å². The number of hydrogen-bond donors (Lipinski definition) is 0. The van der Waals surface area contributed by atoms with Crippen molar-refractivity contribution in [3.63, 3.8) is 0 Å². The van der Waals surface area contributed by atoms with Gasteiger partial charge in [-0.05, 0) is 24.3 Å². The van der Waals surface area contributed by atoms with Gasteiger partial charge in [0.25, 0.3) is 0 Å². The molecule has 0 amide bonds. The number of aromatic nitrogens is 2. The average Bonchev–Trinajstić information content (AvgIpc) is 2.29. The summed E-state index contributed by atoms with van der Waals surface area (Å²) in [6.07, 6.45) is 3.54. The third kappa shape index (κ3) is 22.7. The molecule has 0 aliphatic heterocycles. The van der Waals surface area contributed by atoms with Crippen LogP contribution in [0.25, 0.3) is 11.4 Å². The second kappa shape index (κ2) is 21.4. The van der Waals surface area contributed by atoms with E-state index in [-0.39, 0.29) is 49.9 Å². The molecule has 2 aromatic heterocycles. The van der Waals surface area contributed by atoms with Crippen LogP contribution in [0.5, 0.6) is 0 Å². The van der Waals surface area contributed by atoms with E-state index in [0.717, 1.165) is 11.4 Å². The molecule has 0 aliphatic rings. The predicted octanol–water partition coefficient (Wildman–Crippen LogP) is -4.53. The Balaban J connectivity index is -0.0000000440. The van der Waals surface area contributed by atoms with E-state index < -0.39 is 10.4 Å². The van der Waals surface area contributed by atoms with Crippen molar-refractivity contribution < 1.29 is 67.4 Å². The number of pyridine rings is 2. The van der Waals surface area contributed by atoms with Crippen molar-refractivity contribution in [2.45, 2.75) is 0 Å². The first-order valence-electron chi connectivity index (χ1n) is 4.46. The van der Waals surface area contributed by atoms with Crippen LogP contribution in [0.3, 0.4) is 0 Å². The molecular formula is C10H24CuN2O10S+4. The molecular weight excluding hydrogens is 404 g/mol. The first-order chi connectivity index (χ1) is 7.97. The molecule has 0 atom stereocenters. The van der Waals surface area contributed by atoms with Gasteiger partial charge in [0.05, 0.1) is 11.4 Å². The second-order valence-corrected chi connectivity index (χ2v) is 3.65. The van der Waals surface area contributed by atoms with Crippen LogP contribution < -0.4 is 0 Å². The fourth-order valence-corrected chi connectivity index (χ4v) is 1.03. The number of nitrogens with zero attached hydrogens (tertiary/aromatic N) is 2. The Hall–Kier alpha value is -1.55. The van der Waals surface area contributed by atoms with Crippen LogP contribution in [0.4, 0.5) is 0 Å². The summed E-state index contributed by atoms with van der Waals surface area (Å²) in [5.74, 6) is 0. The Morgan fingerprint density at radius 1 is 0.708 bits per heavy atom. The molecule has 0 aliphatic carbocycles. The van der Waals surface area contributed by atoms with Crippen molar-refractivity contribution in [2.75, 3.05) is 0 Å². The molecule has 0 unspecified atom stereocenters. The topological polar surface area (TPSA) is 301 Å². The largest absolute Gasteiger partial charge is 2.00 e. The molecule has 0 saturated heterocycles. The zero-order chi connectivity index (χ0) is 12.7. The first-order valence-corrected chi connectivity index (χ1v) is 5.79. The molecule has 0 spiro atoms. The van der Waals surface area contributed by atoms with E-state index in [4.69, 9.17) is 17.5 Å². The van der Waals surface area contributed by atoms with Gasteiger partial charge in [0.1, 0.15) is 0 Å². The maximum atomic E-state index is 8.52. The average molecular weight is 428 g/mol. The van der Waals surface area contributed by atoms with E-state index in [9.17, 15) is 0 Å². The molecule has 0 saturated carbocycles. The third-order valence-electron chi connectivity index (χ3n) is 1.59. The van der Waals surface area contributed by atoms with E-state index in [2.05, 4.69) is 9.97 Å². The monoisotopic (exact) mass is 427 g/mol. The van der Waals surface area contributed by atoms with Gasteiger partial charge in [-0.25, -0.2) is 0 Å². The fourth-order valence-electron chi connectivity index (χ4n) is 1.03. The van der Waals surface area contributed by atoms with Crippen LogP contribution in [0.1, 0.15) is 0 Å². The van der Waals surface area contributed by atoms with Crippen molar-refractivity contribution in [3.05, 3.63) is 48.8 Å². The summed E-state index contributed by atoms with van der Waals surface area (Å²) < 4.78 is 34.1. The Labute approximate surface area is 148 Å². The second-order valence-electron chi connectivity index (χ2n) is 2.84. The van der Waals surface area contributed by atoms with E-state index in [1.807, 2.05) is 36.4 Å². The van der Waals surface area contributed by atoms with Crippen LogP contribution in [0.15, 0.2) is 48.8 Å². The molecule has 24 heavy (non-hydrogen) atoms. The van der Waals surface area contributed by atoms with Gasteiger partial charge >= 0.3 is 17.1 Å². The Morgan fingerprint density at radius 3 is 1.12 bits per heavy atom. The van der Waals surface area contributed by atoms with Crippen LogP contribution in [0.2, 0.25) is 0 Å². The Morgan fingerprint density at radius 2 is 0.958 bits per heavy atom. The molecule has 14 heteroatoms. The number of hydrogen-bond acceptors (Lipinski definition) is 6. The van der Waals surface area contributed by atoms with Gasteiger partial charge in [0.2, 0.25) is 0 Å². The number of rotatable bonds is 1. The molecule has 2 heterocycles. The van der Waals surface area contributed by atoms with Crippen molar-refractivity contribution in [3.8, 4) is 11.4 Å². The van der Waals surface area contributed by atoms with E-state index in [1.165, 1.54) is 0 Å². The van der Waals surface area contributed by atoms with Gasteiger partial charge in [-0.1, -0.05) is 12.1 Å². The van der Waals surface area contributed by atoms with Crippen molar-refractivity contribution >= 4 is 10.4 Å². The minimum atomic E-state index is -5.17. The first kappa shape index (κ1) is 43.3. The summed E-state index contributed by atoms with van der Waals surface area (Å²) in [5.41, 5.74) is 1.83. The Bertz CT molecular complexity index is 513. The van der Waals surface area contributed by atoms with E-state index >= 15 is 0 Å². The summed E-state index contributed by atoms with van der Waals surface area (Å²) in [6, 6.07) is 11.6. The summed E-state index contributed by atoms with van der Waals surface area (Å²) >= 11 is 0. The maximum absolute atomic E-state index is 8.52. The smallest absolute Gasteiger partial charge is 0.759 e. The molecule has 2 rings (SSSR count). The quantitative estimate of drug-likeness (QED) is 0.186. The standard InChI is InChI=1S/C10H8N2.Cu.H2O4S.6H2O/c1-3-7-11-9(5-1)10-6-2-4-8-12-10;;1-5(2,3)4;;;;;;/h1-8H;;(H2,1,2,3,4);6*1H2/q;+2;;;;;;;/p+2. The van der Waals surface area contributed by atoms with E-state index in [0.29, 0.717) is 0 Å². The third-order valence-corrected chi connectivity index (χ3v) is 1.59. The molecule has 0 bridgehead atoms. The summed E-state index contributed by atoms with van der Waals surface area (Å²) in [6.45, 7) is 0. The summed E-state index contributed by atoms with van der Waals surface area (Å²) in [4.78, 5) is 8.37. The molecule has 12 nitrogen and oxygen atoms in total. The SMILES string of the molecule is O.O.O=S(=O)([O-])[O-].[Cu+2].[OH3+].[OH3+].[OH3+].[OH3+].c1ccc(-c2ccccn2)nc1. The predicted molar refractivity (Wildman–Crippen MR) is 84.7 cm³/mol. The molecule has 147 valence electrons. The molecule has 16 N–H and O–H groups in total. The zero-order valence-corrected chi connectivity index (χ0v) is 13.9. The van der Waals surface area contributed by atoms with Gasteiger partial charge in [-0.15, -0.1) is 0 Å². The van der Waals surface area contributed by atoms with Crippen LogP contribution >= 0.6 is 0 Å². The molecule has 0 aromatic carbocycles. The molecule has 2 aromatic rings. The summed E-state index contributed by atoms with van der Waals surface area (Å²) in [7, 11) is -5.17. The van der Waals surface area contributed by atoms with Crippen LogP contribution in [-0.4, -0.2) is 38.4 Å². The summed E-state index contributed by atoms with van der Waals surface area (Å²) in [5, 5.41) is 0. The van der Waals surface area contributed by atoms with Gasteiger partial charge in [0.15, 0.2) is 0 Å². The van der Waals surface area contributed by atoms with E-state index in [1.54, 1.807) is 12.4 Å². The van der Waals surface area contributed by atoms with Crippen LogP contribution in [-0.2, 0) is 49.4 Å². The van der Waals surface area contributed by atoms with Gasteiger partial charge in [0, 0.05) is 22.8 Å². The molecule has 0 fully saturated rings. The van der Waals surface area contributed by atoms with Gasteiger partial charge in [-0.2, -0.15) is 0 Å². The minimum Gasteiger partial charge on any atom is -0.759 e. The van der Waals surface area contributed by atoms with Crippen molar-refractivity contribution in [2.24, 2.45) is 0 Å².